The van der Waals surface area contributed by atoms with Crippen LogP contribution in [0.4, 0.5) is 0 Å². The van der Waals surface area contributed by atoms with E-state index in [4.69, 9.17) is 4.84 Å². The zero-order valence-electron chi connectivity index (χ0n) is 12.1. The molecule has 0 spiro atoms. The zero-order valence-corrected chi connectivity index (χ0v) is 12.1. The Morgan fingerprint density at radius 2 is 1.86 bits per heavy atom. The van der Waals surface area contributed by atoms with E-state index >= 15 is 0 Å². The van der Waals surface area contributed by atoms with Gasteiger partial charge in [-0.3, -0.25) is 5.21 Å². The molecule has 1 aliphatic rings. The van der Waals surface area contributed by atoms with Gasteiger partial charge in [0.15, 0.2) is 0 Å². The second kappa shape index (κ2) is 6.30. The second-order valence-electron chi connectivity index (χ2n) is 4.57. The van der Waals surface area contributed by atoms with Crippen LogP contribution in [0.15, 0.2) is 42.5 Å². The summed E-state index contributed by atoms with van der Waals surface area (Å²) >= 11 is 0. The highest BCUT2D eigenvalue weighted by Crippen LogP contribution is 2.33. The Morgan fingerprint density at radius 3 is 2.41 bits per heavy atom. The van der Waals surface area contributed by atoms with Crippen molar-refractivity contribution < 1.29 is 28.8 Å². The van der Waals surface area contributed by atoms with Gasteiger partial charge in [0.05, 0.1) is 24.7 Å². The van der Waals surface area contributed by atoms with Gasteiger partial charge in [0.25, 0.3) is 0 Å². The monoisotopic (exact) mass is 305 g/mol. The number of carbonyl (C=O) groups is 2. The van der Waals surface area contributed by atoms with Gasteiger partial charge in [-0.25, -0.2) is 9.59 Å². The van der Waals surface area contributed by atoms with Crippen molar-refractivity contribution in [1.82, 2.24) is 0 Å². The fraction of sp³-hybridized carbons (Fsp3) is 0.267. The first-order valence-corrected chi connectivity index (χ1v) is 6.42. The van der Waals surface area contributed by atoms with Crippen LogP contribution in [0.2, 0.25) is 0 Å². The lowest BCUT2D eigenvalue weighted by Gasteiger charge is -2.19. The zero-order chi connectivity index (χ0) is 16.3. The molecule has 0 bridgehead atoms. The molecule has 22 heavy (non-hydrogen) atoms. The third-order valence-electron chi connectivity index (χ3n) is 3.35. The van der Waals surface area contributed by atoms with Gasteiger partial charge in [-0.1, -0.05) is 36.9 Å². The molecule has 7 nitrogen and oxygen atoms in total. The molecule has 1 aromatic carbocycles. The molecule has 2 rings (SSSR count). The first-order chi connectivity index (χ1) is 10.5. The van der Waals surface area contributed by atoms with Crippen molar-refractivity contribution in [3.8, 4) is 0 Å². The Hall–Kier alpha value is -2.83. The predicted octanol–water partition coefficient (Wildman–Crippen LogP) is 0.937. The van der Waals surface area contributed by atoms with E-state index in [0.717, 1.165) is 7.11 Å². The molecule has 0 amide bonds. The first kappa shape index (κ1) is 15.6. The van der Waals surface area contributed by atoms with E-state index < -0.39 is 24.0 Å². The molecule has 116 valence electrons. The summed E-state index contributed by atoms with van der Waals surface area (Å²) in [6.07, 6.45) is -1.04. The van der Waals surface area contributed by atoms with Crippen LogP contribution in [0.25, 0.3) is 0 Å². The Bertz CT molecular complexity index is 637. The molecule has 0 aliphatic carbocycles. The molecule has 0 saturated carbocycles. The molecular weight excluding hydrogens is 290 g/mol. The van der Waals surface area contributed by atoms with Crippen molar-refractivity contribution in [3.63, 3.8) is 0 Å². The third-order valence-corrected chi connectivity index (χ3v) is 3.35. The maximum Gasteiger partial charge on any atom is 0.405 e. The summed E-state index contributed by atoms with van der Waals surface area (Å²) in [6.45, 7) is 3.61. The SMILES string of the molecule is C=C(C(=O)OC)[C@H]1O[N+]([O-])=C(C(=O)OC)[C@@H]1c1ccccc1. The average molecular weight is 305 g/mol. The number of hydrogen-bond donors (Lipinski definition) is 0. The summed E-state index contributed by atoms with van der Waals surface area (Å²) in [5, 5.41) is 11.9. The molecule has 2 atom stereocenters. The number of benzene rings is 1. The highest BCUT2D eigenvalue weighted by atomic mass is 16.9. The van der Waals surface area contributed by atoms with Crippen LogP contribution < -0.4 is 0 Å². The van der Waals surface area contributed by atoms with Gasteiger partial charge < -0.3 is 14.3 Å². The van der Waals surface area contributed by atoms with E-state index in [2.05, 4.69) is 16.1 Å². The van der Waals surface area contributed by atoms with Gasteiger partial charge in [-0.2, -0.15) is 0 Å². The van der Waals surface area contributed by atoms with E-state index in [9.17, 15) is 14.8 Å². The molecule has 0 aromatic heterocycles. The lowest BCUT2D eigenvalue weighted by molar-refractivity contribution is -0.737. The largest absolute Gasteiger partial charge is 0.466 e. The minimum Gasteiger partial charge on any atom is -0.466 e. The minimum absolute atomic E-state index is 0.0592. The number of rotatable bonds is 4. The van der Waals surface area contributed by atoms with E-state index in [0.29, 0.717) is 5.56 Å². The van der Waals surface area contributed by atoms with Crippen LogP contribution in [0, 0.1) is 5.21 Å². The maximum atomic E-state index is 11.9. The van der Waals surface area contributed by atoms with Gasteiger partial charge in [0.1, 0.15) is 12.0 Å². The molecule has 0 fully saturated rings. The molecule has 0 N–H and O–H groups in total. The smallest absolute Gasteiger partial charge is 0.405 e. The van der Waals surface area contributed by atoms with E-state index in [1.54, 1.807) is 30.3 Å². The van der Waals surface area contributed by atoms with Gasteiger partial charge in [0.2, 0.25) is 0 Å². The number of hydrogen-bond acceptors (Lipinski definition) is 6. The Kier molecular flexibility index (Phi) is 4.45. The van der Waals surface area contributed by atoms with Crippen LogP contribution in [0.5, 0.6) is 0 Å². The Morgan fingerprint density at radius 1 is 1.23 bits per heavy atom. The molecule has 0 radical (unpaired) electrons. The fourth-order valence-corrected chi connectivity index (χ4v) is 2.29. The third kappa shape index (κ3) is 2.65. The lowest BCUT2D eigenvalue weighted by atomic mass is 9.86. The fourth-order valence-electron chi connectivity index (χ4n) is 2.29. The van der Waals surface area contributed by atoms with E-state index in [-0.39, 0.29) is 16.2 Å². The summed E-state index contributed by atoms with van der Waals surface area (Å²) in [4.78, 5) is 28.7. The summed E-state index contributed by atoms with van der Waals surface area (Å²) in [6, 6.07) is 8.71. The first-order valence-electron chi connectivity index (χ1n) is 6.42. The van der Waals surface area contributed by atoms with Gasteiger partial charge in [-0.05, 0) is 5.56 Å². The lowest BCUT2D eigenvalue weighted by Crippen LogP contribution is -2.31. The molecule has 7 heteroatoms. The normalized spacial score (nSPS) is 20.3. The number of nitrogens with zero attached hydrogens (tertiary/aromatic N) is 1. The molecular formula is C15H15NO6. The van der Waals surface area contributed by atoms with Gasteiger partial charge in [0, 0.05) is 0 Å². The number of methoxy groups -OCH3 is 2. The summed E-state index contributed by atoms with van der Waals surface area (Å²) in [7, 11) is 2.35. The van der Waals surface area contributed by atoms with Crippen molar-refractivity contribution in [2.45, 2.75) is 12.0 Å². The van der Waals surface area contributed by atoms with Crippen LogP contribution in [0.3, 0.4) is 0 Å². The topological polar surface area (TPSA) is 87.9 Å². The minimum atomic E-state index is -1.04. The van der Waals surface area contributed by atoms with Crippen molar-refractivity contribution >= 4 is 17.7 Å². The van der Waals surface area contributed by atoms with Crippen molar-refractivity contribution in [2.75, 3.05) is 14.2 Å². The van der Waals surface area contributed by atoms with Gasteiger partial charge in [-0.15, -0.1) is 0 Å². The number of esters is 2. The second-order valence-corrected chi connectivity index (χ2v) is 4.57. The average Bonchev–Trinajstić information content (AvgIpc) is 2.90. The van der Waals surface area contributed by atoms with E-state index in [1.807, 2.05) is 0 Å². The standard InChI is InChI=1S/C15H15NO6/c1-9(14(17)20-2)13-11(10-7-5-4-6-8-10)12(15(18)21-3)16(19)22-13/h4-8,11,13H,1H2,2-3H3/t11-,13+/m0/s1. The highest BCUT2D eigenvalue weighted by Gasteiger charge is 2.48. The summed E-state index contributed by atoms with van der Waals surface area (Å²) in [5.41, 5.74) is 0.316. The van der Waals surface area contributed by atoms with Crippen LogP contribution in [-0.2, 0) is 23.9 Å². The van der Waals surface area contributed by atoms with Crippen LogP contribution in [-0.4, -0.2) is 42.9 Å². The predicted molar refractivity (Wildman–Crippen MR) is 75.9 cm³/mol. The van der Waals surface area contributed by atoms with Crippen molar-refractivity contribution in [1.29, 1.82) is 0 Å². The number of ether oxygens (including phenoxy) is 2. The van der Waals surface area contributed by atoms with Crippen molar-refractivity contribution in [3.05, 3.63) is 53.3 Å². The van der Waals surface area contributed by atoms with Crippen molar-refractivity contribution in [2.24, 2.45) is 0 Å². The Labute approximate surface area is 126 Å². The Balaban J connectivity index is 2.48. The highest BCUT2D eigenvalue weighted by molar-refractivity contribution is 6.37. The molecule has 0 saturated heterocycles. The molecule has 1 aliphatic heterocycles. The molecule has 0 unspecified atom stereocenters. The van der Waals surface area contributed by atoms with Crippen LogP contribution in [0.1, 0.15) is 11.5 Å². The number of carbonyl (C=O) groups excluding carboxylic acids is 2. The molecule has 1 aromatic rings. The summed E-state index contributed by atoms with van der Waals surface area (Å²) < 4.78 is 9.23. The maximum absolute atomic E-state index is 11.9. The van der Waals surface area contributed by atoms with Gasteiger partial charge >= 0.3 is 17.7 Å². The quantitative estimate of drug-likeness (QED) is 0.467. The van der Waals surface area contributed by atoms with E-state index in [1.165, 1.54) is 7.11 Å². The summed E-state index contributed by atoms with van der Waals surface area (Å²) in [5.74, 6) is -2.35. The molecule has 1 heterocycles. The van der Waals surface area contributed by atoms with Crippen LogP contribution >= 0.6 is 0 Å².